The summed E-state index contributed by atoms with van der Waals surface area (Å²) in [4.78, 5) is 20.1. The molecule has 4 aromatic heterocycles. The third-order valence-electron chi connectivity index (χ3n) is 8.35. The third kappa shape index (κ3) is 3.12. The minimum absolute atomic E-state index is 0.00889. The number of methoxy groups -OCH3 is 1. The molecule has 0 aromatic carbocycles. The number of nitrogens with zero attached hydrogens (tertiary/aromatic N) is 5. The van der Waals surface area contributed by atoms with Crippen LogP contribution < -0.4 is 10.5 Å². The normalized spacial score (nSPS) is 23.6. The van der Waals surface area contributed by atoms with Gasteiger partial charge >= 0.3 is 0 Å². The maximum atomic E-state index is 13.5. The van der Waals surface area contributed by atoms with Crippen LogP contribution in [0.3, 0.4) is 0 Å². The fourth-order valence-corrected chi connectivity index (χ4v) is 6.28. The summed E-state index contributed by atoms with van der Waals surface area (Å²) >= 11 is 0. The summed E-state index contributed by atoms with van der Waals surface area (Å²) in [6, 6.07) is 8.34. The molecule has 2 saturated carbocycles. The Morgan fingerprint density at radius 1 is 1.23 bits per heavy atom. The monoisotopic (exact) mass is 470 g/mol. The zero-order valence-corrected chi connectivity index (χ0v) is 20.1. The van der Waals surface area contributed by atoms with Crippen LogP contribution in [0.15, 0.2) is 36.7 Å². The van der Waals surface area contributed by atoms with E-state index in [0.29, 0.717) is 23.1 Å². The summed E-state index contributed by atoms with van der Waals surface area (Å²) < 4.78 is 9.91. The van der Waals surface area contributed by atoms with Gasteiger partial charge in [0.1, 0.15) is 22.6 Å². The number of nitrogens with two attached hydrogens (primary N) is 1. The number of pyridine rings is 2. The second-order valence-corrected chi connectivity index (χ2v) is 10.5. The Hall–Kier alpha value is -3.39. The van der Waals surface area contributed by atoms with Gasteiger partial charge in [-0.25, -0.2) is 9.50 Å². The molecule has 8 nitrogen and oxygen atoms in total. The number of likely N-dealkylation sites (tertiary alicyclic amines) is 1. The SMILES string of the molecule is COc1cc(C(=O)N2CC3CCC2[C@@H]3N)cn2nc(-c3cc4cccnc4n3CC3CC3)c(C)c12. The van der Waals surface area contributed by atoms with Gasteiger partial charge in [0.05, 0.1) is 18.4 Å². The molecule has 8 heteroatoms. The molecule has 2 unspecified atom stereocenters. The van der Waals surface area contributed by atoms with Crippen LogP contribution in [0, 0.1) is 18.8 Å². The molecule has 7 rings (SSSR count). The van der Waals surface area contributed by atoms with Crippen LogP contribution in [-0.2, 0) is 6.54 Å². The number of amides is 1. The Balaban J connectivity index is 1.35. The average molecular weight is 471 g/mol. The molecule has 0 radical (unpaired) electrons. The predicted molar refractivity (Wildman–Crippen MR) is 133 cm³/mol. The van der Waals surface area contributed by atoms with E-state index in [2.05, 4.69) is 28.6 Å². The van der Waals surface area contributed by atoms with Crippen molar-refractivity contribution in [3.05, 3.63) is 47.8 Å². The Bertz CT molecular complexity index is 1480. The van der Waals surface area contributed by atoms with E-state index in [1.165, 1.54) is 12.8 Å². The molecule has 2 aliphatic carbocycles. The van der Waals surface area contributed by atoms with E-state index in [9.17, 15) is 4.79 Å². The van der Waals surface area contributed by atoms with E-state index in [-0.39, 0.29) is 18.0 Å². The highest BCUT2D eigenvalue weighted by molar-refractivity contribution is 5.96. The first-order valence-corrected chi connectivity index (χ1v) is 12.6. The highest BCUT2D eigenvalue weighted by atomic mass is 16.5. The van der Waals surface area contributed by atoms with Crippen molar-refractivity contribution in [2.24, 2.45) is 17.6 Å². The first kappa shape index (κ1) is 20.9. The van der Waals surface area contributed by atoms with E-state index >= 15 is 0 Å². The van der Waals surface area contributed by atoms with Gasteiger partial charge in [0, 0.05) is 48.5 Å². The molecule has 4 aromatic rings. The Kier molecular flexibility index (Phi) is 4.52. The lowest BCUT2D eigenvalue weighted by atomic mass is 10.1. The molecular formula is C27H30N6O2. The Morgan fingerprint density at radius 2 is 2.09 bits per heavy atom. The molecule has 1 aliphatic heterocycles. The maximum Gasteiger partial charge on any atom is 0.255 e. The highest BCUT2D eigenvalue weighted by Gasteiger charge is 2.47. The Morgan fingerprint density at radius 3 is 2.80 bits per heavy atom. The van der Waals surface area contributed by atoms with E-state index in [4.69, 9.17) is 15.6 Å². The van der Waals surface area contributed by atoms with Gasteiger partial charge in [-0.3, -0.25) is 4.79 Å². The number of fused-ring (bicyclic) bond motifs is 4. The van der Waals surface area contributed by atoms with Crippen molar-refractivity contribution in [1.29, 1.82) is 0 Å². The minimum atomic E-state index is 0.00889. The standard InChI is InChI=1S/C27H30N6O2/c1-15-24(21-10-17-4-3-9-29-26(17)31(21)12-16-5-6-16)30-33-14-19(11-22(35-2)25(15)33)27(34)32-13-18-7-8-20(32)23(18)28/h3-4,9-11,14,16,18,20,23H,5-8,12-13,28H2,1-2H3/t18?,20?,23-/m1/s1. The minimum Gasteiger partial charge on any atom is -0.494 e. The topological polar surface area (TPSA) is 90.7 Å². The fraction of sp³-hybridized carbons (Fsp3) is 0.444. The molecule has 3 fully saturated rings. The van der Waals surface area contributed by atoms with Crippen LogP contribution in [0.5, 0.6) is 5.75 Å². The second kappa shape index (κ2) is 7.55. The summed E-state index contributed by atoms with van der Waals surface area (Å²) in [5.74, 6) is 1.78. The lowest BCUT2D eigenvalue weighted by Crippen LogP contribution is -2.41. The molecule has 3 aliphatic rings. The lowest BCUT2D eigenvalue weighted by molar-refractivity contribution is 0.0699. The van der Waals surface area contributed by atoms with Gasteiger partial charge < -0.3 is 19.9 Å². The number of carbonyl (C=O) groups excluding carboxylic acids is 1. The van der Waals surface area contributed by atoms with Crippen molar-refractivity contribution in [2.45, 2.75) is 51.2 Å². The molecule has 0 spiro atoms. The molecule has 5 heterocycles. The maximum absolute atomic E-state index is 13.5. The number of aromatic nitrogens is 4. The molecule has 2 bridgehead atoms. The molecule has 180 valence electrons. The summed E-state index contributed by atoms with van der Waals surface area (Å²) in [5.41, 5.74) is 11.8. The van der Waals surface area contributed by atoms with E-state index in [1.807, 2.05) is 33.9 Å². The van der Waals surface area contributed by atoms with Crippen LogP contribution in [0.2, 0.25) is 0 Å². The van der Waals surface area contributed by atoms with Crippen molar-refractivity contribution in [1.82, 2.24) is 24.1 Å². The number of piperidine rings is 1. The average Bonchev–Trinajstić information content (AvgIpc) is 3.27. The van der Waals surface area contributed by atoms with E-state index in [0.717, 1.165) is 59.4 Å². The number of hydrogen-bond donors (Lipinski definition) is 1. The molecule has 35 heavy (non-hydrogen) atoms. The zero-order valence-electron chi connectivity index (χ0n) is 20.1. The first-order valence-electron chi connectivity index (χ1n) is 12.6. The number of hydrogen-bond acceptors (Lipinski definition) is 5. The van der Waals surface area contributed by atoms with Gasteiger partial charge in [0.15, 0.2) is 0 Å². The molecule has 1 saturated heterocycles. The Labute approximate surface area is 203 Å². The predicted octanol–water partition coefficient (Wildman–Crippen LogP) is 3.64. The number of ether oxygens (including phenoxy) is 1. The van der Waals surface area contributed by atoms with Crippen LogP contribution >= 0.6 is 0 Å². The first-order chi connectivity index (χ1) is 17.0. The van der Waals surface area contributed by atoms with Gasteiger partial charge in [-0.2, -0.15) is 5.10 Å². The van der Waals surface area contributed by atoms with Crippen molar-refractivity contribution in [3.63, 3.8) is 0 Å². The van der Waals surface area contributed by atoms with Gasteiger partial charge in [-0.15, -0.1) is 0 Å². The zero-order chi connectivity index (χ0) is 23.8. The largest absolute Gasteiger partial charge is 0.494 e. The van der Waals surface area contributed by atoms with Crippen LogP contribution in [0.25, 0.3) is 27.9 Å². The van der Waals surface area contributed by atoms with Crippen molar-refractivity contribution < 1.29 is 9.53 Å². The van der Waals surface area contributed by atoms with Gasteiger partial charge in [0.25, 0.3) is 5.91 Å². The van der Waals surface area contributed by atoms with Gasteiger partial charge in [-0.1, -0.05) is 0 Å². The third-order valence-corrected chi connectivity index (χ3v) is 8.35. The summed E-state index contributed by atoms with van der Waals surface area (Å²) in [6.45, 7) is 3.76. The quantitative estimate of drug-likeness (QED) is 0.481. The van der Waals surface area contributed by atoms with Crippen LogP contribution in [0.4, 0.5) is 0 Å². The van der Waals surface area contributed by atoms with E-state index < -0.39 is 0 Å². The summed E-state index contributed by atoms with van der Waals surface area (Å²) in [5, 5.41) is 6.11. The molecule has 3 atom stereocenters. The molecule has 1 amide bonds. The van der Waals surface area contributed by atoms with Gasteiger partial charge in [0.2, 0.25) is 0 Å². The van der Waals surface area contributed by atoms with Gasteiger partial charge in [-0.05, 0) is 68.7 Å². The lowest BCUT2D eigenvalue weighted by Gasteiger charge is -2.27. The summed E-state index contributed by atoms with van der Waals surface area (Å²) in [7, 11) is 1.65. The smallest absolute Gasteiger partial charge is 0.255 e. The van der Waals surface area contributed by atoms with Crippen molar-refractivity contribution in [2.75, 3.05) is 13.7 Å². The molecular weight excluding hydrogens is 440 g/mol. The number of rotatable bonds is 5. The number of aryl methyl sites for hydroxylation is 1. The second-order valence-electron chi connectivity index (χ2n) is 10.5. The summed E-state index contributed by atoms with van der Waals surface area (Å²) in [6.07, 6.45) is 8.32. The van der Waals surface area contributed by atoms with Crippen molar-refractivity contribution in [3.8, 4) is 17.1 Å². The van der Waals surface area contributed by atoms with E-state index in [1.54, 1.807) is 7.11 Å². The van der Waals surface area contributed by atoms with Crippen LogP contribution in [-0.4, -0.2) is 55.7 Å². The molecule has 2 N–H and O–H groups in total. The highest BCUT2D eigenvalue weighted by Crippen LogP contribution is 2.40. The fourth-order valence-electron chi connectivity index (χ4n) is 6.28. The van der Waals surface area contributed by atoms with Crippen molar-refractivity contribution >= 4 is 22.5 Å². The van der Waals surface area contributed by atoms with Crippen LogP contribution in [0.1, 0.15) is 41.6 Å². The number of carbonyl (C=O) groups is 1.